The van der Waals surface area contributed by atoms with Gasteiger partial charge in [0.15, 0.2) is 0 Å². The van der Waals surface area contributed by atoms with E-state index in [1.54, 1.807) is 24.3 Å². The van der Waals surface area contributed by atoms with E-state index in [1.165, 1.54) is 12.1 Å². The van der Waals surface area contributed by atoms with Gasteiger partial charge in [-0.15, -0.1) is 0 Å². The summed E-state index contributed by atoms with van der Waals surface area (Å²) >= 11 is 5.85. The fraction of sp³-hybridized carbons (Fsp3) is 0.0833. The van der Waals surface area contributed by atoms with Crippen LogP contribution in [0.25, 0.3) is 10.8 Å². The minimum Gasteiger partial charge on any atom is -0.369 e. The number of rotatable bonds is 4. The highest BCUT2D eigenvalue weighted by Gasteiger charge is 2.14. The second kappa shape index (κ2) is 5.16. The highest BCUT2D eigenvalue weighted by molar-refractivity contribution is 7.89. The molecule has 0 heterocycles. The molecule has 0 aliphatic carbocycles. The van der Waals surface area contributed by atoms with Crippen LogP contribution in [0.1, 0.15) is 0 Å². The maximum absolute atomic E-state index is 11.9. The number of nitrogens with one attached hydrogen (secondary N) is 1. The van der Waals surface area contributed by atoms with Gasteiger partial charge < -0.3 is 5.73 Å². The Morgan fingerprint density at radius 2 is 1.79 bits per heavy atom. The predicted octanol–water partition coefficient (Wildman–Crippen LogP) is 1.26. The van der Waals surface area contributed by atoms with Crippen LogP contribution in [0, 0.1) is 0 Å². The fourth-order valence-corrected chi connectivity index (χ4v) is 2.82. The van der Waals surface area contributed by atoms with Crippen LogP contribution in [0.2, 0.25) is 5.02 Å². The van der Waals surface area contributed by atoms with Gasteiger partial charge in [-0.3, -0.25) is 4.79 Å². The number of primary amides is 1. The van der Waals surface area contributed by atoms with Crippen molar-refractivity contribution in [3.63, 3.8) is 0 Å². The molecule has 7 heteroatoms. The van der Waals surface area contributed by atoms with Gasteiger partial charge in [-0.2, -0.15) is 0 Å². The Morgan fingerprint density at radius 1 is 1.16 bits per heavy atom. The standard InChI is InChI=1S/C12H11ClN2O3S/c13-10-3-1-9-6-11(4-2-8(9)5-10)19(17,18)15-7-12(14)16/h1-6,15H,7H2,(H2,14,16). The molecule has 19 heavy (non-hydrogen) atoms. The zero-order valence-corrected chi connectivity index (χ0v) is 11.3. The summed E-state index contributed by atoms with van der Waals surface area (Å²) in [4.78, 5) is 10.7. The van der Waals surface area contributed by atoms with Gasteiger partial charge in [0.1, 0.15) is 0 Å². The number of halogens is 1. The highest BCUT2D eigenvalue weighted by Crippen LogP contribution is 2.22. The maximum Gasteiger partial charge on any atom is 0.241 e. The number of nitrogens with two attached hydrogens (primary N) is 1. The van der Waals surface area contributed by atoms with Gasteiger partial charge >= 0.3 is 0 Å². The van der Waals surface area contributed by atoms with E-state index in [9.17, 15) is 13.2 Å². The molecule has 0 spiro atoms. The number of amides is 1. The highest BCUT2D eigenvalue weighted by atomic mass is 35.5. The van der Waals surface area contributed by atoms with E-state index < -0.39 is 22.5 Å². The van der Waals surface area contributed by atoms with E-state index in [-0.39, 0.29) is 4.90 Å². The molecule has 2 aromatic rings. The maximum atomic E-state index is 11.9. The van der Waals surface area contributed by atoms with Gasteiger partial charge in [-0.25, -0.2) is 13.1 Å². The number of hydrogen-bond donors (Lipinski definition) is 2. The van der Waals surface area contributed by atoms with E-state index in [0.29, 0.717) is 5.02 Å². The zero-order chi connectivity index (χ0) is 14.0. The molecular formula is C12H11ClN2O3S. The van der Waals surface area contributed by atoms with E-state index in [4.69, 9.17) is 17.3 Å². The lowest BCUT2D eigenvalue weighted by Gasteiger charge is -2.06. The Hall–Kier alpha value is -1.63. The average molecular weight is 299 g/mol. The minimum absolute atomic E-state index is 0.0728. The molecule has 1 amide bonds. The first-order valence-electron chi connectivity index (χ1n) is 5.36. The van der Waals surface area contributed by atoms with Crippen LogP contribution < -0.4 is 10.5 Å². The normalized spacial score (nSPS) is 11.6. The van der Waals surface area contributed by atoms with Crippen molar-refractivity contribution in [3.8, 4) is 0 Å². The molecule has 0 saturated heterocycles. The van der Waals surface area contributed by atoms with E-state index >= 15 is 0 Å². The lowest BCUT2D eigenvalue weighted by molar-refractivity contribution is -0.116. The van der Waals surface area contributed by atoms with Crippen LogP contribution in [-0.4, -0.2) is 20.9 Å². The van der Waals surface area contributed by atoms with Gasteiger partial charge in [0.25, 0.3) is 0 Å². The van der Waals surface area contributed by atoms with E-state index in [2.05, 4.69) is 4.72 Å². The third-order valence-corrected chi connectivity index (χ3v) is 4.15. The van der Waals surface area contributed by atoms with Gasteiger partial charge in [-0.05, 0) is 35.0 Å². The molecule has 0 bridgehead atoms. The lowest BCUT2D eigenvalue weighted by Crippen LogP contribution is -2.33. The van der Waals surface area contributed by atoms with E-state index in [0.717, 1.165) is 10.8 Å². The summed E-state index contributed by atoms with van der Waals surface area (Å²) in [5.74, 6) is -0.740. The number of hydrogen-bond acceptors (Lipinski definition) is 3. The summed E-state index contributed by atoms with van der Waals surface area (Å²) in [5.41, 5.74) is 4.90. The largest absolute Gasteiger partial charge is 0.369 e. The Balaban J connectivity index is 2.40. The molecule has 0 radical (unpaired) electrons. The minimum atomic E-state index is -3.74. The van der Waals surface area contributed by atoms with Gasteiger partial charge in [0.2, 0.25) is 15.9 Å². The number of sulfonamides is 1. The van der Waals surface area contributed by atoms with Crippen molar-refractivity contribution in [3.05, 3.63) is 41.4 Å². The quantitative estimate of drug-likeness (QED) is 0.890. The second-order valence-electron chi connectivity index (χ2n) is 3.94. The molecule has 2 aromatic carbocycles. The smallest absolute Gasteiger partial charge is 0.241 e. The Kier molecular flexibility index (Phi) is 3.75. The van der Waals surface area contributed by atoms with Crippen molar-refractivity contribution >= 4 is 38.3 Å². The second-order valence-corrected chi connectivity index (χ2v) is 6.15. The molecule has 100 valence electrons. The lowest BCUT2D eigenvalue weighted by atomic mass is 10.1. The van der Waals surface area contributed by atoms with Crippen LogP contribution in [0.15, 0.2) is 41.3 Å². The topological polar surface area (TPSA) is 89.3 Å². The molecule has 0 unspecified atom stereocenters. The van der Waals surface area contributed by atoms with Crippen molar-refractivity contribution < 1.29 is 13.2 Å². The van der Waals surface area contributed by atoms with Crippen LogP contribution in [0.3, 0.4) is 0 Å². The monoisotopic (exact) mass is 298 g/mol. The van der Waals surface area contributed by atoms with Crippen molar-refractivity contribution in [2.24, 2.45) is 5.73 Å². The summed E-state index contributed by atoms with van der Waals surface area (Å²) in [6, 6.07) is 9.75. The molecule has 0 aliphatic heterocycles. The molecular weight excluding hydrogens is 288 g/mol. The first-order valence-corrected chi connectivity index (χ1v) is 7.22. The van der Waals surface area contributed by atoms with Crippen molar-refractivity contribution in [2.75, 3.05) is 6.54 Å². The van der Waals surface area contributed by atoms with Crippen molar-refractivity contribution in [1.82, 2.24) is 4.72 Å². The molecule has 0 atom stereocenters. The summed E-state index contributed by atoms with van der Waals surface area (Å²) < 4.78 is 25.9. The number of carbonyl (C=O) groups excluding carboxylic acids is 1. The van der Waals surface area contributed by atoms with Crippen molar-refractivity contribution in [2.45, 2.75) is 4.90 Å². The van der Waals surface area contributed by atoms with Crippen LogP contribution >= 0.6 is 11.6 Å². The summed E-state index contributed by atoms with van der Waals surface area (Å²) in [6.07, 6.45) is 0. The van der Waals surface area contributed by atoms with Gasteiger partial charge in [0, 0.05) is 5.02 Å². The fourth-order valence-electron chi connectivity index (χ4n) is 1.61. The van der Waals surface area contributed by atoms with Crippen LogP contribution in [0.5, 0.6) is 0 Å². The Bertz CT molecular complexity index is 744. The summed E-state index contributed by atoms with van der Waals surface area (Å²) in [6.45, 7) is -0.430. The Morgan fingerprint density at radius 3 is 2.47 bits per heavy atom. The van der Waals surface area contributed by atoms with Crippen LogP contribution in [0.4, 0.5) is 0 Å². The van der Waals surface area contributed by atoms with E-state index in [1.807, 2.05) is 0 Å². The van der Waals surface area contributed by atoms with Crippen LogP contribution in [-0.2, 0) is 14.8 Å². The number of fused-ring (bicyclic) bond motifs is 1. The molecule has 0 aromatic heterocycles. The zero-order valence-electron chi connectivity index (χ0n) is 9.76. The van der Waals surface area contributed by atoms with Crippen molar-refractivity contribution in [1.29, 1.82) is 0 Å². The molecule has 3 N–H and O–H groups in total. The molecule has 2 rings (SSSR count). The first kappa shape index (κ1) is 13.8. The number of benzene rings is 2. The number of carbonyl (C=O) groups is 1. The Labute approximate surface area is 115 Å². The first-order chi connectivity index (χ1) is 8.88. The molecule has 5 nitrogen and oxygen atoms in total. The third-order valence-electron chi connectivity index (χ3n) is 2.52. The summed E-state index contributed by atoms with van der Waals surface area (Å²) in [5, 5.41) is 2.16. The molecule has 0 saturated carbocycles. The van der Waals surface area contributed by atoms with Gasteiger partial charge in [0.05, 0.1) is 11.4 Å². The average Bonchev–Trinajstić information content (AvgIpc) is 2.36. The SMILES string of the molecule is NC(=O)CNS(=O)(=O)c1ccc2cc(Cl)ccc2c1. The molecule has 0 aliphatic rings. The third kappa shape index (κ3) is 3.23. The van der Waals surface area contributed by atoms with Gasteiger partial charge in [-0.1, -0.05) is 23.7 Å². The molecule has 0 fully saturated rings. The predicted molar refractivity (Wildman–Crippen MR) is 73.3 cm³/mol. The summed E-state index contributed by atoms with van der Waals surface area (Å²) in [7, 11) is -3.74.